The average molecular weight is 315 g/mol. The molecule has 0 aromatic carbocycles. The molecule has 7 heteroatoms. The molecule has 1 N–H and O–H groups in total. The fourth-order valence-electron chi connectivity index (χ4n) is 1.79. The van der Waals surface area contributed by atoms with Gasteiger partial charge in [0.2, 0.25) is 0 Å². The largest absolute Gasteiger partial charge is 0.419 e. The minimum Gasteiger partial charge on any atom is -0.361 e. The van der Waals surface area contributed by atoms with Gasteiger partial charge in [-0.25, -0.2) is 9.97 Å². The van der Waals surface area contributed by atoms with Gasteiger partial charge in [-0.15, -0.1) is 11.3 Å². The third-order valence-corrected chi connectivity index (χ3v) is 4.11. The van der Waals surface area contributed by atoms with Crippen LogP contribution in [0.3, 0.4) is 0 Å². The number of nitrogens with zero attached hydrogens (tertiary/aromatic N) is 2. The third-order valence-electron chi connectivity index (χ3n) is 2.94. The topological polar surface area (TPSA) is 37.8 Å². The van der Waals surface area contributed by atoms with Crippen LogP contribution in [0.5, 0.6) is 0 Å². The SMILES string of the molecule is CC(C)c1nc(C(C)Nc2ncccc2C(F)(F)F)cs1. The van der Waals surface area contributed by atoms with E-state index >= 15 is 0 Å². The lowest BCUT2D eigenvalue weighted by Gasteiger charge is -2.17. The molecule has 1 unspecified atom stereocenters. The summed E-state index contributed by atoms with van der Waals surface area (Å²) in [6.07, 6.45) is -3.09. The van der Waals surface area contributed by atoms with Gasteiger partial charge in [0.25, 0.3) is 0 Å². The van der Waals surface area contributed by atoms with Gasteiger partial charge in [0.15, 0.2) is 0 Å². The zero-order valence-corrected chi connectivity index (χ0v) is 12.7. The van der Waals surface area contributed by atoms with Gasteiger partial charge in [-0.2, -0.15) is 13.2 Å². The van der Waals surface area contributed by atoms with Crippen LogP contribution < -0.4 is 5.32 Å². The summed E-state index contributed by atoms with van der Waals surface area (Å²) in [7, 11) is 0. The average Bonchev–Trinajstić information content (AvgIpc) is 2.88. The molecular formula is C14H16F3N3S. The summed E-state index contributed by atoms with van der Waals surface area (Å²) in [6, 6.07) is 1.95. The van der Waals surface area contributed by atoms with Gasteiger partial charge >= 0.3 is 6.18 Å². The second-order valence-corrected chi connectivity index (χ2v) is 5.92. The molecule has 0 aliphatic rings. The molecule has 2 aromatic heterocycles. The van der Waals surface area contributed by atoms with Crippen LogP contribution in [-0.4, -0.2) is 9.97 Å². The molecule has 3 nitrogen and oxygen atoms in total. The van der Waals surface area contributed by atoms with Gasteiger partial charge < -0.3 is 5.32 Å². The van der Waals surface area contributed by atoms with Crippen molar-refractivity contribution in [3.63, 3.8) is 0 Å². The zero-order chi connectivity index (χ0) is 15.6. The van der Waals surface area contributed by atoms with Gasteiger partial charge in [-0.3, -0.25) is 0 Å². The Labute approximate surface area is 125 Å². The highest BCUT2D eigenvalue weighted by Crippen LogP contribution is 2.35. The number of alkyl halides is 3. The summed E-state index contributed by atoms with van der Waals surface area (Å²) < 4.78 is 38.8. The Morgan fingerprint density at radius 3 is 2.52 bits per heavy atom. The van der Waals surface area contributed by atoms with E-state index in [1.807, 2.05) is 19.2 Å². The smallest absolute Gasteiger partial charge is 0.361 e. The fourth-order valence-corrected chi connectivity index (χ4v) is 2.72. The molecule has 0 aliphatic carbocycles. The minimum atomic E-state index is -4.43. The van der Waals surface area contributed by atoms with E-state index in [2.05, 4.69) is 15.3 Å². The zero-order valence-electron chi connectivity index (χ0n) is 11.9. The molecule has 0 spiro atoms. The quantitative estimate of drug-likeness (QED) is 0.876. The molecular weight excluding hydrogens is 299 g/mol. The Morgan fingerprint density at radius 2 is 1.95 bits per heavy atom. The lowest BCUT2D eigenvalue weighted by molar-refractivity contribution is -0.137. The summed E-state index contributed by atoms with van der Waals surface area (Å²) in [5.41, 5.74) is -0.0429. The number of thiazole rings is 1. The predicted molar refractivity (Wildman–Crippen MR) is 77.5 cm³/mol. The van der Waals surface area contributed by atoms with E-state index in [0.29, 0.717) is 5.92 Å². The van der Waals surface area contributed by atoms with Crippen molar-refractivity contribution in [3.8, 4) is 0 Å². The van der Waals surface area contributed by atoms with E-state index in [9.17, 15) is 13.2 Å². The van der Waals surface area contributed by atoms with Crippen LogP contribution in [0.1, 0.15) is 49.0 Å². The Morgan fingerprint density at radius 1 is 1.24 bits per heavy atom. The molecule has 2 rings (SSSR count). The Balaban J connectivity index is 2.21. The molecule has 21 heavy (non-hydrogen) atoms. The molecule has 2 heterocycles. The number of pyridine rings is 1. The molecule has 0 aliphatic heterocycles. The van der Waals surface area contributed by atoms with Crippen LogP contribution in [0.25, 0.3) is 0 Å². The number of halogens is 3. The number of aromatic nitrogens is 2. The number of anilines is 1. The molecule has 0 fully saturated rings. The van der Waals surface area contributed by atoms with E-state index in [0.717, 1.165) is 16.8 Å². The van der Waals surface area contributed by atoms with E-state index in [1.54, 1.807) is 6.92 Å². The van der Waals surface area contributed by atoms with E-state index < -0.39 is 11.7 Å². The Bertz CT molecular complexity index is 608. The second-order valence-electron chi connectivity index (χ2n) is 5.03. The minimum absolute atomic E-state index is 0.170. The highest BCUT2D eigenvalue weighted by Gasteiger charge is 2.34. The van der Waals surface area contributed by atoms with Crippen LogP contribution in [0.2, 0.25) is 0 Å². The van der Waals surface area contributed by atoms with Gasteiger partial charge in [0.1, 0.15) is 5.82 Å². The van der Waals surface area contributed by atoms with Crippen molar-refractivity contribution in [1.29, 1.82) is 0 Å². The fraction of sp³-hybridized carbons (Fsp3) is 0.429. The Hall–Kier alpha value is -1.63. The maximum absolute atomic E-state index is 12.9. The normalized spacial score (nSPS) is 13.5. The molecule has 0 saturated carbocycles. The van der Waals surface area contributed by atoms with Gasteiger partial charge in [0, 0.05) is 17.5 Å². The van der Waals surface area contributed by atoms with Crippen LogP contribution >= 0.6 is 11.3 Å². The van der Waals surface area contributed by atoms with Crippen molar-refractivity contribution in [2.75, 3.05) is 5.32 Å². The number of nitrogens with one attached hydrogen (secondary N) is 1. The van der Waals surface area contributed by atoms with Crippen LogP contribution in [-0.2, 0) is 6.18 Å². The monoisotopic (exact) mass is 315 g/mol. The lowest BCUT2D eigenvalue weighted by Crippen LogP contribution is -2.15. The number of rotatable bonds is 4. The summed E-state index contributed by atoms with van der Waals surface area (Å²) in [6.45, 7) is 5.83. The van der Waals surface area contributed by atoms with E-state index in [4.69, 9.17) is 0 Å². The van der Waals surface area contributed by atoms with E-state index in [1.165, 1.54) is 23.6 Å². The number of hydrogen-bond donors (Lipinski definition) is 1. The first-order valence-corrected chi connectivity index (χ1v) is 7.41. The molecule has 0 amide bonds. The predicted octanol–water partition coefficient (Wildman–Crippen LogP) is 4.85. The highest BCUT2D eigenvalue weighted by molar-refractivity contribution is 7.09. The lowest BCUT2D eigenvalue weighted by atomic mass is 10.2. The van der Waals surface area contributed by atoms with Crippen molar-refractivity contribution in [3.05, 3.63) is 40.0 Å². The van der Waals surface area contributed by atoms with Crippen molar-refractivity contribution in [2.24, 2.45) is 0 Å². The molecule has 1 atom stereocenters. The van der Waals surface area contributed by atoms with E-state index in [-0.39, 0.29) is 11.9 Å². The first-order chi connectivity index (χ1) is 9.79. The Kier molecular flexibility index (Phi) is 4.51. The molecule has 0 saturated heterocycles. The van der Waals surface area contributed by atoms with Crippen molar-refractivity contribution < 1.29 is 13.2 Å². The first-order valence-electron chi connectivity index (χ1n) is 6.53. The maximum Gasteiger partial charge on any atom is 0.419 e. The van der Waals surface area contributed by atoms with Crippen LogP contribution in [0.15, 0.2) is 23.7 Å². The molecule has 0 radical (unpaired) electrons. The van der Waals surface area contributed by atoms with Gasteiger partial charge in [0.05, 0.1) is 22.3 Å². The maximum atomic E-state index is 12.9. The van der Waals surface area contributed by atoms with Crippen molar-refractivity contribution in [2.45, 2.75) is 38.9 Å². The number of hydrogen-bond acceptors (Lipinski definition) is 4. The molecule has 0 bridgehead atoms. The highest BCUT2D eigenvalue weighted by atomic mass is 32.1. The van der Waals surface area contributed by atoms with Gasteiger partial charge in [-0.05, 0) is 19.1 Å². The second kappa shape index (κ2) is 6.01. The molecule has 114 valence electrons. The van der Waals surface area contributed by atoms with Crippen LogP contribution in [0, 0.1) is 0 Å². The molecule has 2 aromatic rings. The first kappa shape index (κ1) is 15.8. The van der Waals surface area contributed by atoms with Crippen molar-refractivity contribution >= 4 is 17.2 Å². The van der Waals surface area contributed by atoms with Crippen LogP contribution in [0.4, 0.5) is 19.0 Å². The summed E-state index contributed by atoms with van der Waals surface area (Å²) in [4.78, 5) is 8.24. The summed E-state index contributed by atoms with van der Waals surface area (Å²) in [5.74, 6) is 0.133. The third kappa shape index (κ3) is 3.72. The van der Waals surface area contributed by atoms with Crippen molar-refractivity contribution in [1.82, 2.24) is 9.97 Å². The summed E-state index contributed by atoms with van der Waals surface area (Å²) >= 11 is 1.51. The van der Waals surface area contributed by atoms with Gasteiger partial charge in [-0.1, -0.05) is 13.8 Å². The standard InChI is InChI=1S/C14H16F3N3S/c1-8(2)13-20-11(7-21-13)9(3)19-12-10(14(15,16)17)5-4-6-18-12/h4-9H,1-3H3,(H,18,19). The summed E-state index contributed by atoms with van der Waals surface area (Å²) in [5, 5.41) is 5.63.